The minimum atomic E-state index is 0.525. The molecule has 5 nitrogen and oxygen atoms in total. The minimum Gasteiger partial charge on any atom is -0.337 e. The average molecular weight is 263 g/mol. The van der Waals surface area contributed by atoms with Crippen LogP contribution in [0.25, 0.3) is 0 Å². The standard InChI is InChI=1S/C14H25N5/c1-3-5-6-12(4-2)13-11-16-18-14(17-13)19-9-7-15-8-10-19/h11-12,15H,3-10H2,1-2H3. The summed E-state index contributed by atoms with van der Waals surface area (Å²) in [5, 5.41) is 11.7. The molecule has 2 heterocycles. The molecule has 0 saturated carbocycles. The van der Waals surface area contributed by atoms with E-state index in [-0.39, 0.29) is 0 Å². The highest BCUT2D eigenvalue weighted by molar-refractivity contribution is 5.30. The fraction of sp³-hybridized carbons (Fsp3) is 0.786. The predicted molar refractivity (Wildman–Crippen MR) is 77.5 cm³/mol. The highest BCUT2D eigenvalue weighted by Crippen LogP contribution is 2.24. The molecule has 1 aliphatic rings. The summed E-state index contributed by atoms with van der Waals surface area (Å²) in [5.41, 5.74) is 1.11. The summed E-state index contributed by atoms with van der Waals surface area (Å²) < 4.78 is 0. The molecule has 106 valence electrons. The summed E-state index contributed by atoms with van der Waals surface area (Å²) in [6.45, 7) is 8.40. The Bertz CT molecular complexity index is 376. The van der Waals surface area contributed by atoms with Crippen LogP contribution in [-0.4, -0.2) is 41.4 Å². The van der Waals surface area contributed by atoms with Crippen molar-refractivity contribution in [1.29, 1.82) is 0 Å². The molecule has 19 heavy (non-hydrogen) atoms. The van der Waals surface area contributed by atoms with Crippen molar-refractivity contribution in [2.75, 3.05) is 31.1 Å². The van der Waals surface area contributed by atoms with E-state index in [0.29, 0.717) is 5.92 Å². The van der Waals surface area contributed by atoms with Crippen LogP contribution < -0.4 is 10.2 Å². The SMILES string of the molecule is CCCCC(CC)c1cnnc(N2CCNCC2)n1. The van der Waals surface area contributed by atoms with Gasteiger partial charge in [0.05, 0.1) is 11.9 Å². The Kier molecular flexibility index (Phi) is 5.51. The Labute approximate surface area is 115 Å². The van der Waals surface area contributed by atoms with Crippen LogP contribution in [0.15, 0.2) is 6.20 Å². The van der Waals surface area contributed by atoms with Gasteiger partial charge in [-0.2, -0.15) is 5.10 Å². The number of aromatic nitrogens is 3. The van der Waals surface area contributed by atoms with Crippen LogP contribution >= 0.6 is 0 Å². The number of nitrogens with one attached hydrogen (secondary N) is 1. The number of rotatable bonds is 6. The fourth-order valence-electron chi connectivity index (χ4n) is 2.51. The zero-order valence-electron chi connectivity index (χ0n) is 12.1. The zero-order valence-corrected chi connectivity index (χ0v) is 12.1. The van der Waals surface area contributed by atoms with Crippen molar-refractivity contribution < 1.29 is 0 Å². The molecule has 5 heteroatoms. The Morgan fingerprint density at radius 3 is 2.79 bits per heavy atom. The van der Waals surface area contributed by atoms with Gasteiger partial charge in [-0.05, 0) is 12.8 Å². The average Bonchev–Trinajstić information content (AvgIpc) is 2.49. The maximum atomic E-state index is 4.75. The molecule has 1 fully saturated rings. The quantitative estimate of drug-likeness (QED) is 0.850. The maximum absolute atomic E-state index is 4.75. The first-order chi connectivity index (χ1) is 9.35. The number of unbranched alkanes of at least 4 members (excludes halogenated alkanes) is 1. The van der Waals surface area contributed by atoms with Crippen molar-refractivity contribution in [3.05, 3.63) is 11.9 Å². The second-order valence-electron chi connectivity index (χ2n) is 5.17. The van der Waals surface area contributed by atoms with Crippen LogP contribution in [0.2, 0.25) is 0 Å². The summed E-state index contributed by atoms with van der Waals surface area (Å²) in [7, 11) is 0. The molecular weight excluding hydrogens is 238 g/mol. The summed E-state index contributed by atoms with van der Waals surface area (Å²) in [6, 6.07) is 0. The highest BCUT2D eigenvalue weighted by atomic mass is 15.3. The molecular formula is C14H25N5. The van der Waals surface area contributed by atoms with E-state index in [9.17, 15) is 0 Å². The van der Waals surface area contributed by atoms with Gasteiger partial charge in [-0.25, -0.2) is 4.98 Å². The first-order valence-corrected chi connectivity index (χ1v) is 7.50. The Morgan fingerprint density at radius 1 is 1.32 bits per heavy atom. The van der Waals surface area contributed by atoms with E-state index < -0.39 is 0 Å². The molecule has 1 aromatic heterocycles. The topological polar surface area (TPSA) is 53.9 Å². The molecule has 0 spiro atoms. The molecule has 1 aromatic rings. The first kappa shape index (κ1) is 14.2. The third-order valence-electron chi connectivity index (χ3n) is 3.78. The first-order valence-electron chi connectivity index (χ1n) is 7.50. The molecule has 1 atom stereocenters. The smallest absolute Gasteiger partial charge is 0.245 e. The third-order valence-corrected chi connectivity index (χ3v) is 3.78. The lowest BCUT2D eigenvalue weighted by Gasteiger charge is -2.27. The van der Waals surface area contributed by atoms with Crippen molar-refractivity contribution in [3.63, 3.8) is 0 Å². The lowest BCUT2D eigenvalue weighted by Crippen LogP contribution is -2.44. The van der Waals surface area contributed by atoms with E-state index in [1.807, 2.05) is 6.20 Å². The van der Waals surface area contributed by atoms with Crippen LogP contribution in [-0.2, 0) is 0 Å². The van der Waals surface area contributed by atoms with Gasteiger partial charge in [0.2, 0.25) is 5.95 Å². The van der Waals surface area contributed by atoms with E-state index in [4.69, 9.17) is 4.98 Å². The van der Waals surface area contributed by atoms with Gasteiger partial charge < -0.3 is 10.2 Å². The van der Waals surface area contributed by atoms with Gasteiger partial charge in [0.25, 0.3) is 0 Å². The molecule has 0 aliphatic carbocycles. The second kappa shape index (κ2) is 7.38. The minimum absolute atomic E-state index is 0.525. The Morgan fingerprint density at radius 2 is 2.11 bits per heavy atom. The number of nitrogens with zero attached hydrogens (tertiary/aromatic N) is 4. The van der Waals surface area contributed by atoms with Gasteiger partial charge in [0, 0.05) is 32.1 Å². The van der Waals surface area contributed by atoms with Gasteiger partial charge >= 0.3 is 0 Å². The van der Waals surface area contributed by atoms with E-state index in [0.717, 1.165) is 44.2 Å². The van der Waals surface area contributed by atoms with Crippen molar-refractivity contribution in [2.45, 2.75) is 45.4 Å². The van der Waals surface area contributed by atoms with E-state index in [1.54, 1.807) is 0 Å². The van der Waals surface area contributed by atoms with Crippen molar-refractivity contribution >= 4 is 5.95 Å². The maximum Gasteiger partial charge on any atom is 0.245 e. The predicted octanol–water partition coefficient (Wildman–Crippen LogP) is 1.96. The molecule has 0 amide bonds. The molecule has 0 aromatic carbocycles. The molecule has 1 aliphatic heterocycles. The molecule has 2 rings (SSSR count). The lowest BCUT2D eigenvalue weighted by molar-refractivity contribution is 0.543. The number of hydrogen-bond acceptors (Lipinski definition) is 5. The van der Waals surface area contributed by atoms with Gasteiger partial charge in [-0.1, -0.05) is 26.7 Å². The van der Waals surface area contributed by atoms with Gasteiger partial charge in [0.1, 0.15) is 0 Å². The fourth-order valence-corrected chi connectivity index (χ4v) is 2.51. The third kappa shape index (κ3) is 3.86. The van der Waals surface area contributed by atoms with Crippen molar-refractivity contribution in [1.82, 2.24) is 20.5 Å². The van der Waals surface area contributed by atoms with Crippen LogP contribution in [0.1, 0.15) is 51.1 Å². The Balaban J connectivity index is 2.08. The summed E-state index contributed by atoms with van der Waals surface area (Å²) >= 11 is 0. The van der Waals surface area contributed by atoms with E-state index in [2.05, 4.69) is 34.3 Å². The van der Waals surface area contributed by atoms with Gasteiger partial charge in [-0.3, -0.25) is 0 Å². The second-order valence-corrected chi connectivity index (χ2v) is 5.17. The Hall–Kier alpha value is -1.23. The van der Waals surface area contributed by atoms with E-state index in [1.165, 1.54) is 19.3 Å². The van der Waals surface area contributed by atoms with Crippen LogP contribution in [0.4, 0.5) is 5.95 Å². The van der Waals surface area contributed by atoms with Crippen molar-refractivity contribution in [2.24, 2.45) is 0 Å². The normalized spacial score (nSPS) is 17.5. The summed E-state index contributed by atoms with van der Waals surface area (Å²) in [4.78, 5) is 6.97. The number of piperazine rings is 1. The van der Waals surface area contributed by atoms with Gasteiger partial charge in [0.15, 0.2) is 0 Å². The van der Waals surface area contributed by atoms with Gasteiger partial charge in [-0.15, -0.1) is 5.10 Å². The summed E-state index contributed by atoms with van der Waals surface area (Å²) in [5.74, 6) is 1.33. The highest BCUT2D eigenvalue weighted by Gasteiger charge is 2.17. The molecule has 0 bridgehead atoms. The largest absolute Gasteiger partial charge is 0.337 e. The molecule has 1 N–H and O–H groups in total. The molecule has 0 radical (unpaired) electrons. The van der Waals surface area contributed by atoms with Crippen molar-refractivity contribution in [3.8, 4) is 0 Å². The lowest BCUT2D eigenvalue weighted by atomic mass is 9.96. The van der Waals surface area contributed by atoms with Crippen LogP contribution in [0.3, 0.4) is 0 Å². The molecule has 1 saturated heterocycles. The monoisotopic (exact) mass is 263 g/mol. The number of hydrogen-bond donors (Lipinski definition) is 1. The van der Waals surface area contributed by atoms with E-state index >= 15 is 0 Å². The molecule has 1 unspecified atom stereocenters. The zero-order chi connectivity index (χ0) is 13.5. The van der Waals surface area contributed by atoms with Crippen LogP contribution in [0, 0.1) is 0 Å². The number of anilines is 1. The van der Waals surface area contributed by atoms with Crippen LogP contribution in [0.5, 0.6) is 0 Å². The summed E-state index contributed by atoms with van der Waals surface area (Å²) in [6.07, 6.45) is 6.66.